The summed E-state index contributed by atoms with van der Waals surface area (Å²) >= 11 is 0. The van der Waals surface area contributed by atoms with Gasteiger partial charge in [-0.3, -0.25) is 4.79 Å². The zero-order valence-corrected chi connectivity index (χ0v) is 14.3. The van der Waals surface area contributed by atoms with Crippen molar-refractivity contribution in [2.24, 2.45) is 0 Å². The van der Waals surface area contributed by atoms with Crippen molar-refractivity contribution in [2.45, 2.75) is 13.0 Å². The Morgan fingerprint density at radius 1 is 1.08 bits per heavy atom. The second-order valence-corrected chi connectivity index (χ2v) is 5.62. The molecular formula is C19H17FO6. The van der Waals surface area contributed by atoms with Crippen LogP contribution < -0.4 is 14.2 Å². The molecule has 2 aromatic rings. The average Bonchev–Trinajstić information content (AvgIpc) is 2.66. The Morgan fingerprint density at radius 3 is 2.46 bits per heavy atom. The Labute approximate surface area is 149 Å². The number of esters is 1. The fraction of sp³-hybridized carbons (Fsp3) is 0.263. The van der Waals surface area contributed by atoms with Crippen LogP contribution in [0.2, 0.25) is 0 Å². The Kier molecular flexibility index (Phi) is 5.06. The van der Waals surface area contributed by atoms with Crippen LogP contribution in [0.25, 0.3) is 0 Å². The van der Waals surface area contributed by atoms with Gasteiger partial charge in [0.2, 0.25) is 11.5 Å². The predicted octanol–water partition coefficient (Wildman–Crippen LogP) is 3.03. The summed E-state index contributed by atoms with van der Waals surface area (Å²) in [5, 5.41) is 0. The van der Waals surface area contributed by atoms with Gasteiger partial charge in [-0.25, -0.2) is 9.18 Å². The normalized spacial score (nSPS) is 13.7. The van der Waals surface area contributed by atoms with Crippen molar-refractivity contribution in [2.75, 3.05) is 20.3 Å². The molecule has 1 atom stereocenters. The summed E-state index contributed by atoms with van der Waals surface area (Å²) in [5.41, 5.74) is 0.427. The maximum Gasteiger partial charge on any atom is 0.339 e. The second-order valence-electron chi connectivity index (χ2n) is 5.62. The smallest absolute Gasteiger partial charge is 0.339 e. The highest BCUT2D eigenvalue weighted by atomic mass is 19.1. The third kappa shape index (κ3) is 3.61. The molecule has 0 N–H and O–H groups in total. The molecule has 1 aliphatic rings. The highest BCUT2D eigenvalue weighted by molar-refractivity contribution is 6.01. The standard InChI is InChI=1S/C19H17FO6/c1-11(17(21)12-3-5-14(20)6-4-12)26-19(22)13-9-15(23-2)18-16(10-13)24-7-8-25-18/h3-6,9-11H,7-8H2,1-2H3/t11-/m0/s1. The summed E-state index contributed by atoms with van der Waals surface area (Å²) in [6.45, 7) is 2.20. The highest BCUT2D eigenvalue weighted by Crippen LogP contribution is 2.40. The number of Topliss-reactive ketones (excluding diaryl/α,β-unsaturated/α-hetero) is 1. The van der Waals surface area contributed by atoms with Crippen molar-refractivity contribution in [3.05, 3.63) is 53.3 Å². The van der Waals surface area contributed by atoms with Gasteiger partial charge in [-0.05, 0) is 43.3 Å². The molecule has 0 saturated carbocycles. The van der Waals surface area contributed by atoms with Gasteiger partial charge in [0.05, 0.1) is 12.7 Å². The minimum atomic E-state index is -1.04. The Hall–Kier alpha value is -3.09. The molecule has 7 heteroatoms. The Bertz CT molecular complexity index is 813. The van der Waals surface area contributed by atoms with E-state index in [-0.39, 0.29) is 11.1 Å². The Morgan fingerprint density at radius 2 is 1.77 bits per heavy atom. The Balaban J connectivity index is 1.77. The van der Waals surface area contributed by atoms with E-state index in [1.165, 1.54) is 50.4 Å². The lowest BCUT2D eigenvalue weighted by molar-refractivity contribution is 0.0317. The van der Waals surface area contributed by atoms with Gasteiger partial charge in [0, 0.05) is 5.56 Å². The molecule has 0 unspecified atom stereocenters. The largest absolute Gasteiger partial charge is 0.493 e. The van der Waals surface area contributed by atoms with Gasteiger partial charge in [-0.1, -0.05) is 0 Å². The van der Waals surface area contributed by atoms with Crippen molar-refractivity contribution >= 4 is 11.8 Å². The number of ether oxygens (including phenoxy) is 4. The zero-order chi connectivity index (χ0) is 18.7. The monoisotopic (exact) mass is 360 g/mol. The molecule has 0 bridgehead atoms. The van der Waals surface area contributed by atoms with Crippen LogP contribution in [-0.4, -0.2) is 38.2 Å². The molecule has 26 heavy (non-hydrogen) atoms. The first-order valence-electron chi connectivity index (χ1n) is 7.98. The third-order valence-electron chi connectivity index (χ3n) is 3.85. The van der Waals surface area contributed by atoms with Crippen molar-refractivity contribution in [3.63, 3.8) is 0 Å². The van der Waals surface area contributed by atoms with Gasteiger partial charge in [0.25, 0.3) is 0 Å². The molecule has 1 heterocycles. The number of fused-ring (bicyclic) bond motifs is 1. The fourth-order valence-electron chi connectivity index (χ4n) is 2.52. The van der Waals surface area contributed by atoms with Crippen LogP contribution in [0.3, 0.4) is 0 Å². The van der Waals surface area contributed by atoms with Crippen LogP contribution in [0.15, 0.2) is 36.4 Å². The SMILES string of the molecule is COc1cc(C(=O)O[C@@H](C)C(=O)c2ccc(F)cc2)cc2c1OCCO2. The van der Waals surface area contributed by atoms with E-state index in [4.69, 9.17) is 18.9 Å². The number of hydrogen-bond donors (Lipinski definition) is 0. The number of methoxy groups -OCH3 is 1. The number of carbonyl (C=O) groups is 2. The summed E-state index contributed by atoms with van der Waals surface area (Å²) in [6, 6.07) is 7.98. The lowest BCUT2D eigenvalue weighted by atomic mass is 10.1. The summed E-state index contributed by atoms with van der Waals surface area (Å²) in [5.74, 6) is -0.446. The first-order valence-corrected chi connectivity index (χ1v) is 7.98. The van der Waals surface area contributed by atoms with Gasteiger partial charge < -0.3 is 18.9 Å². The lowest BCUT2D eigenvalue weighted by Gasteiger charge is -2.21. The van der Waals surface area contributed by atoms with Crippen molar-refractivity contribution in [1.82, 2.24) is 0 Å². The van der Waals surface area contributed by atoms with Gasteiger partial charge in [-0.2, -0.15) is 0 Å². The number of carbonyl (C=O) groups excluding carboxylic acids is 2. The van der Waals surface area contributed by atoms with E-state index < -0.39 is 23.7 Å². The molecular weight excluding hydrogens is 343 g/mol. The molecule has 0 fully saturated rings. The van der Waals surface area contributed by atoms with Gasteiger partial charge in [0.1, 0.15) is 19.0 Å². The number of rotatable bonds is 5. The van der Waals surface area contributed by atoms with Crippen LogP contribution in [0.1, 0.15) is 27.6 Å². The van der Waals surface area contributed by atoms with Crippen LogP contribution in [0.4, 0.5) is 4.39 Å². The van der Waals surface area contributed by atoms with E-state index >= 15 is 0 Å². The number of ketones is 1. The zero-order valence-electron chi connectivity index (χ0n) is 14.3. The summed E-state index contributed by atoms with van der Waals surface area (Å²) < 4.78 is 34.4. The molecule has 0 radical (unpaired) electrons. The maximum absolute atomic E-state index is 13.0. The van der Waals surface area contributed by atoms with Crippen LogP contribution >= 0.6 is 0 Å². The fourth-order valence-corrected chi connectivity index (χ4v) is 2.52. The molecule has 0 saturated heterocycles. The quantitative estimate of drug-likeness (QED) is 0.603. The minimum Gasteiger partial charge on any atom is -0.493 e. The van der Waals surface area contributed by atoms with Crippen molar-refractivity contribution in [3.8, 4) is 17.2 Å². The molecule has 0 aromatic heterocycles. The number of benzene rings is 2. The third-order valence-corrected chi connectivity index (χ3v) is 3.85. The number of halogens is 1. The van der Waals surface area contributed by atoms with E-state index in [9.17, 15) is 14.0 Å². The van der Waals surface area contributed by atoms with Crippen LogP contribution in [0, 0.1) is 5.82 Å². The molecule has 3 rings (SSSR count). The molecule has 1 aliphatic heterocycles. The van der Waals surface area contributed by atoms with Gasteiger partial charge in [-0.15, -0.1) is 0 Å². The predicted molar refractivity (Wildman–Crippen MR) is 89.6 cm³/mol. The van der Waals surface area contributed by atoms with E-state index in [0.29, 0.717) is 30.5 Å². The van der Waals surface area contributed by atoms with E-state index in [2.05, 4.69) is 0 Å². The van der Waals surface area contributed by atoms with Gasteiger partial charge in [0.15, 0.2) is 17.6 Å². The molecule has 2 aromatic carbocycles. The minimum absolute atomic E-state index is 0.171. The molecule has 0 aliphatic carbocycles. The van der Waals surface area contributed by atoms with E-state index in [0.717, 1.165) is 0 Å². The highest BCUT2D eigenvalue weighted by Gasteiger charge is 2.24. The number of hydrogen-bond acceptors (Lipinski definition) is 6. The van der Waals surface area contributed by atoms with Crippen molar-refractivity contribution < 1.29 is 32.9 Å². The van der Waals surface area contributed by atoms with Crippen LogP contribution in [0.5, 0.6) is 17.2 Å². The lowest BCUT2D eigenvalue weighted by Crippen LogP contribution is -2.24. The summed E-state index contributed by atoms with van der Waals surface area (Å²) in [4.78, 5) is 24.7. The van der Waals surface area contributed by atoms with E-state index in [1.54, 1.807) is 0 Å². The van der Waals surface area contributed by atoms with Crippen LogP contribution in [-0.2, 0) is 4.74 Å². The summed E-state index contributed by atoms with van der Waals surface area (Å²) in [7, 11) is 1.45. The molecule has 136 valence electrons. The summed E-state index contributed by atoms with van der Waals surface area (Å²) in [6.07, 6.45) is -1.04. The average molecular weight is 360 g/mol. The molecule has 0 amide bonds. The topological polar surface area (TPSA) is 71.1 Å². The molecule has 0 spiro atoms. The second kappa shape index (κ2) is 7.43. The first-order chi connectivity index (χ1) is 12.5. The van der Waals surface area contributed by atoms with Crippen molar-refractivity contribution in [1.29, 1.82) is 0 Å². The molecule has 6 nitrogen and oxygen atoms in total. The maximum atomic E-state index is 13.0. The first kappa shape index (κ1) is 17.7. The van der Waals surface area contributed by atoms with Gasteiger partial charge >= 0.3 is 5.97 Å². The van der Waals surface area contributed by atoms with E-state index in [1.807, 2.05) is 0 Å².